The Balaban J connectivity index is -0.0000000400. The minimum Gasteiger partial charge on any atom is 0 e. The van der Waals surface area contributed by atoms with Crippen LogP contribution in [0.25, 0.3) is 0 Å². The van der Waals surface area contributed by atoms with Crippen molar-refractivity contribution in [3.05, 3.63) is 0 Å². The Hall–Kier alpha value is 1.83. The molecule has 4 heteroatoms. The van der Waals surface area contributed by atoms with E-state index in [1.165, 1.54) is 6.42 Å². The molecule has 0 N–H and O–H groups in total. The van der Waals surface area contributed by atoms with Crippen LogP contribution < -0.4 is 0 Å². The molecule has 0 fully saturated rings. The first-order valence-electron chi connectivity index (χ1n) is 1.67. The second kappa shape index (κ2) is 24.9. The summed E-state index contributed by atoms with van der Waals surface area (Å²) in [6, 6.07) is 0. The zero-order valence-electron chi connectivity index (χ0n) is 4.13. The van der Waals surface area contributed by atoms with Gasteiger partial charge in [-0.3, -0.25) is 0 Å². The van der Waals surface area contributed by atoms with Gasteiger partial charge in [-0.25, -0.2) is 0 Å². The van der Waals surface area contributed by atoms with Crippen molar-refractivity contribution in [2.24, 2.45) is 0 Å². The monoisotopic (exact) mass is 320 g/mol. The standard InChI is InChI=1S/C3H8.2ClH.2Rh/c1-3-2;;;;/h3H2,1-2H3;2*1H;;/q;;;;+2/p-2. The third-order valence-corrected chi connectivity index (χ3v) is 0. The van der Waals surface area contributed by atoms with E-state index in [-0.39, 0.29) is 34.6 Å². The Morgan fingerprint density at radius 1 is 1.29 bits per heavy atom. The van der Waals surface area contributed by atoms with E-state index in [1.807, 2.05) is 0 Å². The van der Waals surface area contributed by atoms with Crippen molar-refractivity contribution in [2.75, 3.05) is 0 Å². The maximum Gasteiger partial charge on any atom is 0 e. The summed E-state index contributed by atoms with van der Waals surface area (Å²) in [5.41, 5.74) is 0. The maximum atomic E-state index is 4.83. The molecule has 0 aromatic carbocycles. The zero-order chi connectivity index (χ0) is 5.41. The molecule has 0 bridgehead atoms. The topological polar surface area (TPSA) is 0 Å². The van der Waals surface area contributed by atoms with Crippen LogP contribution in [0.2, 0.25) is 0 Å². The number of rotatable bonds is 0. The van der Waals surface area contributed by atoms with Crippen molar-refractivity contribution < 1.29 is 34.6 Å². The van der Waals surface area contributed by atoms with Gasteiger partial charge in [0, 0.05) is 19.5 Å². The van der Waals surface area contributed by atoms with Crippen LogP contribution in [-0.4, -0.2) is 0 Å². The Kier molecular flexibility index (Phi) is 56.7. The first kappa shape index (κ1) is 15.9. The van der Waals surface area contributed by atoms with E-state index < -0.39 is 0 Å². The third-order valence-electron chi connectivity index (χ3n) is 0. The molecule has 0 unspecified atom stereocenters. The predicted octanol–water partition coefficient (Wildman–Crippen LogP) is 2.79. The van der Waals surface area contributed by atoms with Crippen molar-refractivity contribution in [1.29, 1.82) is 0 Å². The Morgan fingerprint density at radius 3 is 1.29 bits per heavy atom. The molecule has 0 aliphatic heterocycles. The fourth-order valence-corrected chi connectivity index (χ4v) is 0. The van der Waals surface area contributed by atoms with Gasteiger partial charge in [0.25, 0.3) is 0 Å². The van der Waals surface area contributed by atoms with Gasteiger partial charge in [0.2, 0.25) is 0 Å². The van der Waals surface area contributed by atoms with Gasteiger partial charge < -0.3 is 0 Å². The van der Waals surface area contributed by atoms with Gasteiger partial charge in [-0.1, -0.05) is 20.3 Å². The van der Waals surface area contributed by atoms with Crippen molar-refractivity contribution in [2.45, 2.75) is 20.3 Å². The predicted molar refractivity (Wildman–Crippen MR) is 27.7 cm³/mol. The largest absolute Gasteiger partial charge is 0 e. The van der Waals surface area contributed by atoms with E-state index >= 15 is 0 Å². The Labute approximate surface area is 73.8 Å². The minimum absolute atomic E-state index is 0. The van der Waals surface area contributed by atoms with Gasteiger partial charge >= 0.3 is 34.5 Å². The van der Waals surface area contributed by atoms with Crippen molar-refractivity contribution in [3.8, 4) is 0 Å². The van der Waals surface area contributed by atoms with Crippen LogP contribution in [-0.2, 0) is 34.6 Å². The van der Waals surface area contributed by atoms with Crippen LogP contribution in [0.3, 0.4) is 0 Å². The first-order valence-corrected chi connectivity index (χ1v) is 5.89. The molecule has 0 nitrogen and oxygen atoms in total. The molecular formula is C3H8Cl2Rh2. The van der Waals surface area contributed by atoms with E-state index in [4.69, 9.17) is 19.4 Å². The normalized spacial score (nSPS) is 5.71. The molecule has 0 aliphatic carbocycles. The van der Waals surface area contributed by atoms with Crippen LogP contribution in [0.15, 0.2) is 0 Å². The van der Waals surface area contributed by atoms with E-state index in [0.29, 0.717) is 0 Å². The van der Waals surface area contributed by atoms with Crippen molar-refractivity contribution >= 4 is 19.4 Å². The molecule has 0 aromatic rings. The minimum atomic E-state index is -0.226. The Morgan fingerprint density at radius 2 is 1.29 bits per heavy atom. The molecule has 0 saturated heterocycles. The third kappa shape index (κ3) is 79.6. The van der Waals surface area contributed by atoms with Crippen molar-refractivity contribution in [3.63, 3.8) is 0 Å². The molecule has 0 saturated carbocycles. The molecule has 0 heterocycles. The molecule has 0 amide bonds. The maximum absolute atomic E-state index is 4.83. The smallest absolute Gasteiger partial charge is 0 e. The zero-order valence-corrected chi connectivity index (χ0v) is 8.92. The van der Waals surface area contributed by atoms with E-state index in [2.05, 4.69) is 13.8 Å². The van der Waals surface area contributed by atoms with Crippen LogP contribution >= 0.6 is 19.4 Å². The molecule has 0 spiro atoms. The van der Waals surface area contributed by atoms with Crippen LogP contribution in [0.4, 0.5) is 0 Å². The number of halogens is 2. The molecular weight excluding hydrogens is 313 g/mol. The second-order valence-corrected chi connectivity index (χ2v) is 3.24. The summed E-state index contributed by atoms with van der Waals surface area (Å²) in [5, 5.41) is 0. The van der Waals surface area contributed by atoms with Gasteiger partial charge in [0.05, 0.1) is 0 Å². The van der Waals surface area contributed by atoms with Crippen LogP contribution in [0.5, 0.6) is 0 Å². The van der Waals surface area contributed by atoms with Crippen LogP contribution in [0, 0.1) is 0 Å². The fraction of sp³-hybridized carbons (Fsp3) is 1.00. The van der Waals surface area contributed by atoms with Crippen molar-refractivity contribution in [1.82, 2.24) is 0 Å². The molecule has 7 heavy (non-hydrogen) atoms. The van der Waals surface area contributed by atoms with E-state index in [9.17, 15) is 0 Å². The second-order valence-electron chi connectivity index (χ2n) is 0.755. The average molecular weight is 321 g/mol. The van der Waals surface area contributed by atoms with Gasteiger partial charge in [-0.2, -0.15) is 0 Å². The summed E-state index contributed by atoms with van der Waals surface area (Å²) in [6.45, 7) is 4.25. The van der Waals surface area contributed by atoms with Gasteiger partial charge in [0.15, 0.2) is 0 Å². The van der Waals surface area contributed by atoms with E-state index in [0.717, 1.165) is 0 Å². The summed E-state index contributed by atoms with van der Waals surface area (Å²) in [6.07, 6.45) is 1.25. The van der Waals surface area contributed by atoms with E-state index in [1.54, 1.807) is 0 Å². The van der Waals surface area contributed by atoms with Gasteiger partial charge in [0.1, 0.15) is 0 Å². The summed E-state index contributed by atoms with van der Waals surface area (Å²) < 4.78 is 0. The Bertz CT molecular complexity index is 12.9. The summed E-state index contributed by atoms with van der Waals surface area (Å²) in [7, 11) is 9.67. The van der Waals surface area contributed by atoms with Gasteiger partial charge in [-0.15, -0.1) is 0 Å². The SMILES string of the molecule is CCC.[Cl][Rh][Cl].[Rh]. The number of hydrogen-bond donors (Lipinski definition) is 0. The summed E-state index contributed by atoms with van der Waals surface area (Å²) in [4.78, 5) is 0. The molecule has 0 aromatic heterocycles. The average Bonchev–Trinajstić information content (AvgIpc) is 1.39. The number of hydrogen-bond acceptors (Lipinski definition) is 0. The first-order chi connectivity index (χ1) is 2.83. The fourth-order valence-electron chi connectivity index (χ4n) is 0. The molecule has 0 atom stereocenters. The quantitative estimate of drug-likeness (QED) is 0.602. The molecule has 1 radical (unpaired) electrons. The molecule has 0 rings (SSSR count). The molecule has 0 aliphatic rings. The van der Waals surface area contributed by atoms with Crippen LogP contribution in [0.1, 0.15) is 20.3 Å². The summed E-state index contributed by atoms with van der Waals surface area (Å²) in [5.74, 6) is 0. The van der Waals surface area contributed by atoms with Gasteiger partial charge in [-0.05, 0) is 0 Å². The summed E-state index contributed by atoms with van der Waals surface area (Å²) >= 11 is -0.226. The molecule has 52 valence electrons.